The topological polar surface area (TPSA) is 64.6 Å². The quantitative estimate of drug-likeness (QED) is 0.441. The van der Waals surface area contributed by atoms with E-state index < -0.39 is 12.1 Å². The van der Waals surface area contributed by atoms with E-state index >= 15 is 0 Å². The number of carbonyl (C=O) groups excluding carboxylic acids is 2. The number of carbonyl (C=O) groups is 2. The molecule has 0 aromatic heterocycles. The zero-order valence-electron chi connectivity index (χ0n) is 12.9. The van der Waals surface area contributed by atoms with Crippen molar-refractivity contribution < 1.29 is 19.1 Å². The molecule has 0 atom stereocenters. The molecule has 118 valence electrons. The van der Waals surface area contributed by atoms with Crippen LogP contribution in [0.25, 0.3) is 0 Å². The highest BCUT2D eigenvalue weighted by Gasteiger charge is 2.06. The van der Waals surface area contributed by atoms with E-state index in [9.17, 15) is 9.59 Å². The average molecular weight is 287 g/mol. The smallest absolute Gasteiger partial charge is 0.407 e. The number of alkyl carbamates (subject to hydrolysis) is 1. The molecule has 0 rings (SSSR count). The molecule has 1 N–H and O–H groups in total. The number of nitrogens with one attached hydrogen (secondary N) is 1. The summed E-state index contributed by atoms with van der Waals surface area (Å²) in [7, 11) is 0. The molecule has 0 saturated heterocycles. The molecule has 1 amide bonds. The van der Waals surface area contributed by atoms with E-state index in [1.807, 2.05) is 6.92 Å². The number of amides is 1. The molecular formula is C15H29NO4. The second-order valence-corrected chi connectivity index (χ2v) is 4.83. The molecule has 5 nitrogen and oxygen atoms in total. The van der Waals surface area contributed by atoms with Gasteiger partial charge < -0.3 is 14.8 Å². The lowest BCUT2D eigenvalue weighted by molar-refractivity contribution is -0.142. The van der Waals surface area contributed by atoms with E-state index in [0.29, 0.717) is 13.2 Å². The summed E-state index contributed by atoms with van der Waals surface area (Å²) >= 11 is 0. The second kappa shape index (κ2) is 14.2. The lowest BCUT2D eigenvalue weighted by atomic mass is 10.1. The number of unbranched alkanes of at least 4 members (excludes halogenated alkanes) is 6. The summed E-state index contributed by atoms with van der Waals surface area (Å²) in [5.74, 6) is -0.411. The summed E-state index contributed by atoms with van der Waals surface area (Å²) in [6.07, 6.45) is 8.14. The van der Waals surface area contributed by atoms with Gasteiger partial charge in [0.2, 0.25) is 0 Å². The van der Waals surface area contributed by atoms with E-state index in [4.69, 9.17) is 9.47 Å². The van der Waals surface area contributed by atoms with E-state index in [1.54, 1.807) is 0 Å². The van der Waals surface area contributed by atoms with E-state index in [-0.39, 0.29) is 6.54 Å². The van der Waals surface area contributed by atoms with Crippen LogP contribution in [0.5, 0.6) is 0 Å². The fourth-order valence-electron chi connectivity index (χ4n) is 1.62. The van der Waals surface area contributed by atoms with Crippen LogP contribution in [0.3, 0.4) is 0 Å². The maximum Gasteiger partial charge on any atom is 0.407 e. The zero-order valence-corrected chi connectivity index (χ0v) is 12.9. The summed E-state index contributed by atoms with van der Waals surface area (Å²) in [5.41, 5.74) is 0. The maximum absolute atomic E-state index is 11.3. The Morgan fingerprint density at radius 2 is 1.40 bits per heavy atom. The van der Waals surface area contributed by atoms with Crippen molar-refractivity contribution in [2.24, 2.45) is 0 Å². The highest BCUT2D eigenvalue weighted by molar-refractivity contribution is 5.77. The SMILES string of the molecule is CCCCCCCCOC(=O)CNC(=O)OCCCC. The van der Waals surface area contributed by atoms with Gasteiger partial charge in [-0.1, -0.05) is 52.4 Å². The first-order valence-electron chi connectivity index (χ1n) is 7.77. The van der Waals surface area contributed by atoms with E-state index in [0.717, 1.165) is 25.7 Å². The molecule has 0 saturated carbocycles. The standard InChI is InChI=1S/C15H29NO4/c1-3-5-7-8-9-10-12-19-14(17)13-16-15(18)20-11-6-4-2/h3-13H2,1-2H3,(H,16,18). The van der Waals surface area contributed by atoms with Crippen LogP contribution in [-0.2, 0) is 14.3 Å². The Morgan fingerprint density at radius 1 is 0.800 bits per heavy atom. The van der Waals surface area contributed by atoms with Gasteiger partial charge in [-0.3, -0.25) is 4.79 Å². The molecule has 20 heavy (non-hydrogen) atoms. The molecule has 0 aliphatic carbocycles. The van der Waals surface area contributed by atoms with Gasteiger partial charge in [-0.25, -0.2) is 4.79 Å². The molecule has 0 aromatic carbocycles. The van der Waals surface area contributed by atoms with Gasteiger partial charge in [0.05, 0.1) is 13.2 Å². The van der Waals surface area contributed by atoms with Gasteiger partial charge in [0.15, 0.2) is 0 Å². The Labute approximate surface area is 122 Å². The lowest BCUT2D eigenvalue weighted by Gasteiger charge is -2.07. The van der Waals surface area contributed by atoms with Crippen LogP contribution < -0.4 is 5.32 Å². The predicted molar refractivity (Wildman–Crippen MR) is 78.6 cm³/mol. The Hall–Kier alpha value is -1.26. The Morgan fingerprint density at radius 3 is 2.10 bits per heavy atom. The van der Waals surface area contributed by atoms with Gasteiger partial charge >= 0.3 is 12.1 Å². The Bertz CT molecular complexity index is 256. The first kappa shape index (κ1) is 18.7. The number of esters is 1. The fourth-order valence-corrected chi connectivity index (χ4v) is 1.62. The third-order valence-corrected chi connectivity index (χ3v) is 2.87. The first-order valence-corrected chi connectivity index (χ1v) is 7.77. The maximum atomic E-state index is 11.3. The van der Waals surface area contributed by atoms with Crippen molar-refractivity contribution in [3.63, 3.8) is 0 Å². The van der Waals surface area contributed by atoms with Crippen LogP contribution in [0.2, 0.25) is 0 Å². The predicted octanol–water partition coefficient (Wildman–Crippen LogP) is 3.42. The Kier molecular flexibility index (Phi) is 13.3. The van der Waals surface area contributed by atoms with Gasteiger partial charge in [0, 0.05) is 0 Å². The summed E-state index contributed by atoms with van der Waals surface area (Å²) < 4.78 is 9.87. The molecule has 0 bridgehead atoms. The van der Waals surface area contributed by atoms with Crippen molar-refractivity contribution in [1.82, 2.24) is 5.32 Å². The molecule has 0 heterocycles. The largest absolute Gasteiger partial charge is 0.464 e. The summed E-state index contributed by atoms with van der Waals surface area (Å²) in [4.78, 5) is 22.5. The van der Waals surface area contributed by atoms with Crippen molar-refractivity contribution in [3.8, 4) is 0 Å². The van der Waals surface area contributed by atoms with Crippen LogP contribution in [0.1, 0.15) is 65.2 Å². The minimum atomic E-state index is -0.560. The van der Waals surface area contributed by atoms with E-state index in [1.165, 1.54) is 25.7 Å². The number of ether oxygens (including phenoxy) is 2. The van der Waals surface area contributed by atoms with Crippen molar-refractivity contribution >= 4 is 12.1 Å². The summed E-state index contributed by atoms with van der Waals surface area (Å²) in [6, 6.07) is 0. The molecule has 0 spiro atoms. The third-order valence-electron chi connectivity index (χ3n) is 2.87. The van der Waals surface area contributed by atoms with Crippen LogP contribution >= 0.6 is 0 Å². The molecule has 0 aromatic rings. The van der Waals surface area contributed by atoms with Crippen LogP contribution in [0.4, 0.5) is 4.79 Å². The monoisotopic (exact) mass is 287 g/mol. The van der Waals surface area contributed by atoms with Gasteiger partial charge in [0.1, 0.15) is 6.54 Å². The van der Waals surface area contributed by atoms with Crippen molar-refractivity contribution in [1.29, 1.82) is 0 Å². The lowest BCUT2D eigenvalue weighted by Crippen LogP contribution is -2.31. The molecule has 0 unspecified atom stereocenters. The number of hydrogen-bond donors (Lipinski definition) is 1. The molecular weight excluding hydrogens is 258 g/mol. The van der Waals surface area contributed by atoms with Gasteiger partial charge in [-0.2, -0.15) is 0 Å². The minimum absolute atomic E-state index is 0.124. The fraction of sp³-hybridized carbons (Fsp3) is 0.867. The number of hydrogen-bond acceptors (Lipinski definition) is 4. The van der Waals surface area contributed by atoms with Crippen LogP contribution in [-0.4, -0.2) is 31.8 Å². The van der Waals surface area contributed by atoms with Gasteiger partial charge in [-0.15, -0.1) is 0 Å². The Balaban J connectivity index is 3.34. The first-order chi connectivity index (χ1) is 9.70. The molecule has 0 radical (unpaired) electrons. The number of rotatable bonds is 12. The summed E-state index contributed by atoms with van der Waals surface area (Å²) in [6.45, 7) is 4.89. The van der Waals surface area contributed by atoms with Crippen molar-refractivity contribution in [2.45, 2.75) is 65.2 Å². The highest BCUT2D eigenvalue weighted by Crippen LogP contribution is 2.04. The minimum Gasteiger partial charge on any atom is -0.464 e. The second-order valence-electron chi connectivity index (χ2n) is 4.83. The summed E-state index contributed by atoms with van der Waals surface area (Å²) in [5, 5.41) is 2.37. The molecule has 0 aliphatic rings. The van der Waals surface area contributed by atoms with Crippen molar-refractivity contribution in [3.05, 3.63) is 0 Å². The third kappa shape index (κ3) is 13.2. The average Bonchev–Trinajstić information content (AvgIpc) is 2.44. The van der Waals surface area contributed by atoms with Gasteiger partial charge in [0.25, 0.3) is 0 Å². The highest BCUT2D eigenvalue weighted by atomic mass is 16.6. The van der Waals surface area contributed by atoms with Crippen LogP contribution in [0.15, 0.2) is 0 Å². The van der Waals surface area contributed by atoms with Crippen molar-refractivity contribution in [2.75, 3.05) is 19.8 Å². The molecule has 5 heteroatoms. The molecule has 0 fully saturated rings. The normalized spacial score (nSPS) is 10.1. The van der Waals surface area contributed by atoms with Gasteiger partial charge in [-0.05, 0) is 12.8 Å². The zero-order chi connectivity index (χ0) is 15.1. The van der Waals surface area contributed by atoms with E-state index in [2.05, 4.69) is 12.2 Å². The molecule has 0 aliphatic heterocycles. The van der Waals surface area contributed by atoms with Crippen LogP contribution in [0, 0.1) is 0 Å².